The Morgan fingerprint density at radius 3 is 2.03 bits per heavy atom. The highest BCUT2D eigenvalue weighted by molar-refractivity contribution is 5.80. The largest absolute Gasteiger partial charge is 0.493 e. The van der Waals surface area contributed by atoms with Crippen molar-refractivity contribution < 1.29 is 24.2 Å². The van der Waals surface area contributed by atoms with E-state index >= 15 is 0 Å². The van der Waals surface area contributed by atoms with Crippen molar-refractivity contribution in [2.75, 3.05) is 6.61 Å². The molecule has 1 atom stereocenters. The molecule has 31 heavy (non-hydrogen) atoms. The molecule has 0 radical (unpaired) electrons. The van der Waals surface area contributed by atoms with Crippen LogP contribution in [0.15, 0.2) is 84.9 Å². The van der Waals surface area contributed by atoms with Gasteiger partial charge in [0.05, 0.1) is 6.61 Å². The van der Waals surface area contributed by atoms with Gasteiger partial charge >= 0.3 is 12.1 Å². The zero-order valence-electron chi connectivity index (χ0n) is 17.1. The van der Waals surface area contributed by atoms with Gasteiger partial charge < -0.3 is 19.9 Å². The molecule has 0 bridgehead atoms. The third-order valence-corrected chi connectivity index (χ3v) is 4.67. The van der Waals surface area contributed by atoms with Crippen LogP contribution in [0.1, 0.15) is 16.7 Å². The smallest absolute Gasteiger partial charge is 0.408 e. The summed E-state index contributed by atoms with van der Waals surface area (Å²) in [6.45, 7) is 0.605. The Kier molecular flexibility index (Phi) is 8.05. The highest BCUT2D eigenvalue weighted by atomic mass is 16.5. The fourth-order valence-electron chi connectivity index (χ4n) is 3.00. The van der Waals surface area contributed by atoms with Gasteiger partial charge in [-0.3, -0.25) is 0 Å². The van der Waals surface area contributed by atoms with Crippen LogP contribution in [0.2, 0.25) is 0 Å². The predicted octanol–water partition coefficient (Wildman–Crippen LogP) is 4.23. The van der Waals surface area contributed by atoms with Gasteiger partial charge in [-0.25, -0.2) is 9.59 Å². The monoisotopic (exact) mass is 419 g/mol. The van der Waals surface area contributed by atoms with Crippen molar-refractivity contribution in [1.82, 2.24) is 5.32 Å². The van der Waals surface area contributed by atoms with E-state index in [0.717, 1.165) is 23.3 Å². The molecule has 6 heteroatoms. The Hall–Kier alpha value is -3.80. The van der Waals surface area contributed by atoms with E-state index in [1.807, 2.05) is 72.8 Å². The van der Waals surface area contributed by atoms with Crippen LogP contribution < -0.4 is 10.1 Å². The lowest BCUT2D eigenvalue weighted by Gasteiger charge is -2.15. The first-order valence-corrected chi connectivity index (χ1v) is 10.1. The Labute approximate surface area is 181 Å². The molecule has 160 valence electrons. The quantitative estimate of drug-likeness (QED) is 0.514. The molecule has 2 N–H and O–H groups in total. The number of hydrogen-bond acceptors (Lipinski definition) is 4. The first kappa shape index (κ1) is 21.9. The highest BCUT2D eigenvalue weighted by Gasteiger charge is 2.21. The molecule has 0 aromatic heterocycles. The van der Waals surface area contributed by atoms with Gasteiger partial charge in [0.2, 0.25) is 0 Å². The van der Waals surface area contributed by atoms with Gasteiger partial charge in [-0.2, -0.15) is 0 Å². The van der Waals surface area contributed by atoms with E-state index in [1.54, 1.807) is 0 Å². The SMILES string of the molecule is O=C(NC(Cc1ccccc1)C(=O)O)OCc1ccc(OCCc2ccccc2)cc1. The Morgan fingerprint density at radius 1 is 0.806 bits per heavy atom. The number of nitrogens with one attached hydrogen (secondary N) is 1. The van der Waals surface area contributed by atoms with Crippen molar-refractivity contribution in [3.8, 4) is 5.75 Å². The maximum Gasteiger partial charge on any atom is 0.408 e. The number of amides is 1. The van der Waals surface area contributed by atoms with Crippen molar-refractivity contribution in [2.45, 2.75) is 25.5 Å². The average molecular weight is 419 g/mol. The van der Waals surface area contributed by atoms with Crippen LogP contribution in [-0.4, -0.2) is 29.8 Å². The van der Waals surface area contributed by atoms with E-state index in [0.29, 0.717) is 6.61 Å². The number of carbonyl (C=O) groups excluding carboxylic acids is 1. The molecular formula is C25H25NO5. The second-order valence-electron chi connectivity index (χ2n) is 7.03. The molecular weight excluding hydrogens is 394 g/mol. The lowest BCUT2D eigenvalue weighted by Crippen LogP contribution is -2.42. The lowest BCUT2D eigenvalue weighted by molar-refractivity contribution is -0.139. The highest BCUT2D eigenvalue weighted by Crippen LogP contribution is 2.14. The summed E-state index contributed by atoms with van der Waals surface area (Å²) in [7, 11) is 0. The lowest BCUT2D eigenvalue weighted by atomic mass is 10.1. The van der Waals surface area contributed by atoms with Crippen LogP contribution in [0.3, 0.4) is 0 Å². The number of aliphatic carboxylic acids is 1. The standard InChI is InChI=1S/C25H25NO5/c27-24(28)23(17-20-9-5-2-6-10-20)26-25(29)31-18-21-11-13-22(14-12-21)30-16-15-19-7-3-1-4-8-19/h1-14,23H,15-18H2,(H,26,29)(H,27,28). The van der Waals surface area contributed by atoms with Gasteiger partial charge in [0.25, 0.3) is 0 Å². The molecule has 6 nitrogen and oxygen atoms in total. The minimum Gasteiger partial charge on any atom is -0.493 e. The van der Waals surface area contributed by atoms with Crippen molar-refractivity contribution >= 4 is 12.1 Å². The fourth-order valence-corrected chi connectivity index (χ4v) is 3.00. The van der Waals surface area contributed by atoms with Crippen LogP contribution in [0.25, 0.3) is 0 Å². The van der Waals surface area contributed by atoms with Crippen molar-refractivity contribution in [3.63, 3.8) is 0 Å². The number of hydrogen-bond donors (Lipinski definition) is 2. The van der Waals surface area contributed by atoms with Gasteiger partial charge in [-0.15, -0.1) is 0 Å². The Bertz CT molecular complexity index is 958. The van der Waals surface area contributed by atoms with E-state index in [4.69, 9.17) is 9.47 Å². The fraction of sp³-hybridized carbons (Fsp3) is 0.200. The molecule has 1 unspecified atom stereocenters. The summed E-state index contributed by atoms with van der Waals surface area (Å²) >= 11 is 0. The number of alkyl carbamates (subject to hydrolysis) is 1. The predicted molar refractivity (Wildman–Crippen MR) is 117 cm³/mol. The molecule has 3 aromatic rings. The number of carbonyl (C=O) groups is 2. The molecule has 3 aromatic carbocycles. The van der Waals surface area contributed by atoms with E-state index in [2.05, 4.69) is 17.4 Å². The summed E-state index contributed by atoms with van der Waals surface area (Å²) in [4.78, 5) is 23.5. The van der Waals surface area contributed by atoms with Crippen LogP contribution in [0, 0.1) is 0 Å². The van der Waals surface area contributed by atoms with Crippen LogP contribution in [0.4, 0.5) is 4.79 Å². The summed E-state index contributed by atoms with van der Waals surface area (Å²) in [5, 5.41) is 11.8. The molecule has 0 spiro atoms. The van der Waals surface area contributed by atoms with Crippen molar-refractivity contribution in [1.29, 1.82) is 0 Å². The zero-order valence-corrected chi connectivity index (χ0v) is 17.1. The normalized spacial score (nSPS) is 11.4. The van der Waals surface area contributed by atoms with Crippen LogP contribution in [-0.2, 0) is 29.0 Å². The molecule has 3 rings (SSSR count). The van der Waals surface area contributed by atoms with E-state index in [9.17, 15) is 14.7 Å². The van der Waals surface area contributed by atoms with Crippen LogP contribution in [0.5, 0.6) is 5.75 Å². The van der Waals surface area contributed by atoms with Crippen molar-refractivity contribution in [2.24, 2.45) is 0 Å². The van der Waals surface area contributed by atoms with Gasteiger partial charge in [-0.1, -0.05) is 72.8 Å². The van der Waals surface area contributed by atoms with E-state index in [1.165, 1.54) is 5.56 Å². The third kappa shape index (κ3) is 7.51. The van der Waals surface area contributed by atoms with Crippen molar-refractivity contribution in [3.05, 3.63) is 102 Å². The second kappa shape index (κ2) is 11.4. The third-order valence-electron chi connectivity index (χ3n) is 4.67. The van der Waals surface area contributed by atoms with Crippen LogP contribution >= 0.6 is 0 Å². The molecule has 0 aliphatic carbocycles. The minimum absolute atomic E-state index is 0.0355. The van der Waals surface area contributed by atoms with Gasteiger partial charge in [0, 0.05) is 12.8 Å². The summed E-state index contributed by atoms with van der Waals surface area (Å²) < 4.78 is 10.9. The van der Waals surface area contributed by atoms with Gasteiger partial charge in [0.1, 0.15) is 18.4 Å². The average Bonchev–Trinajstić information content (AvgIpc) is 2.79. The van der Waals surface area contributed by atoms with E-state index < -0.39 is 18.1 Å². The minimum atomic E-state index is -1.11. The molecule has 0 saturated carbocycles. The molecule has 0 fully saturated rings. The number of carboxylic acid groups (broad SMARTS) is 1. The number of rotatable bonds is 10. The first-order valence-electron chi connectivity index (χ1n) is 10.1. The first-order chi connectivity index (χ1) is 15.1. The van der Waals surface area contributed by atoms with Gasteiger partial charge in [-0.05, 0) is 28.8 Å². The maximum absolute atomic E-state index is 12.0. The number of benzene rings is 3. The number of ether oxygens (including phenoxy) is 2. The zero-order chi connectivity index (χ0) is 21.9. The summed E-state index contributed by atoms with van der Waals surface area (Å²) in [5.74, 6) is -0.379. The van der Waals surface area contributed by atoms with E-state index in [-0.39, 0.29) is 13.0 Å². The summed E-state index contributed by atoms with van der Waals surface area (Å²) in [5.41, 5.74) is 2.81. The summed E-state index contributed by atoms with van der Waals surface area (Å²) in [6, 6.07) is 25.4. The van der Waals surface area contributed by atoms with Gasteiger partial charge in [0.15, 0.2) is 0 Å². The molecule has 0 saturated heterocycles. The summed E-state index contributed by atoms with van der Waals surface area (Å²) in [6.07, 6.45) is 0.228. The molecule has 0 aliphatic rings. The number of carboxylic acids is 1. The Balaban J connectivity index is 1.42. The topological polar surface area (TPSA) is 84.9 Å². The maximum atomic E-state index is 12.0. The second-order valence-corrected chi connectivity index (χ2v) is 7.03. The Morgan fingerprint density at radius 2 is 1.42 bits per heavy atom. The molecule has 0 heterocycles. The molecule has 0 aliphatic heterocycles. The molecule has 1 amide bonds.